The van der Waals surface area contributed by atoms with Crippen molar-refractivity contribution in [3.63, 3.8) is 0 Å². The Morgan fingerprint density at radius 1 is 1.28 bits per heavy atom. The molecule has 0 N–H and O–H groups in total. The molecule has 0 saturated heterocycles. The lowest BCUT2D eigenvalue weighted by atomic mass is 10.0. The third-order valence-electron chi connectivity index (χ3n) is 2.93. The Labute approximate surface area is 108 Å². The van der Waals surface area contributed by atoms with Crippen molar-refractivity contribution in [1.82, 2.24) is 0 Å². The molecular formula is C15H21FO2. The Morgan fingerprint density at radius 2 is 2.06 bits per heavy atom. The van der Waals surface area contributed by atoms with Crippen LogP contribution in [0.5, 0.6) is 5.75 Å². The number of carbonyl (C=O) groups excluding carboxylic acids is 1. The minimum absolute atomic E-state index is 0.177. The topological polar surface area (TPSA) is 26.3 Å². The predicted molar refractivity (Wildman–Crippen MR) is 70.4 cm³/mol. The smallest absolute Gasteiger partial charge is 0.165 e. The zero-order chi connectivity index (χ0) is 13.4. The lowest BCUT2D eigenvalue weighted by Gasteiger charge is -2.05. The number of rotatable bonds is 8. The van der Waals surface area contributed by atoms with Crippen molar-refractivity contribution < 1.29 is 13.9 Å². The van der Waals surface area contributed by atoms with Crippen LogP contribution in [0.3, 0.4) is 0 Å². The van der Waals surface area contributed by atoms with Gasteiger partial charge in [-0.3, -0.25) is 4.79 Å². The van der Waals surface area contributed by atoms with E-state index in [1.807, 2.05) is 0 Å². The second-order valence-corrected chi connectivity index (χ2v) is 4.50. The van der Waals surface area contributed by atoms with Crippen LogP contribution in [-0.2, 0) is 11.2 Å². The van der Waals surface area contributed by atoms with Crippen LogP contribution in [0.25, 0.3) is 0 Å². The summed E-state index contributed by atoms with van der Waals surface area (Å²) in [5, 5.41) is 0. The number of hydrogen-bond acceptors (Lipinski definition) is 2. The zero-order valence-electron chi connectivity index (χ0n) is 11.2. The van der Waals surface area contributed by atoms with E-state index in [1.54, 1.807) is 12.1 Å². The maximum Gasteiger partial charge on any atom is 0.165 e. The van der Waals surface area contributed by atoms with E-state index in [0.29, 0.717) is 18.4 Å². The number of unbranched alkanes of at least 4 members (excludes halogenated alkanes) is 3. The number of halogens is 1. The first kappa shape index (κ1) is 14.7. The summed E-state index contributed by atoms with van der Waals surface area (Å²) in [5.41, 5.74) is 0.716. The molecule has 0 spiro atoms. The molecule has 0 radical (unpaired) electrons. The van der Waals surface area contributed by atoms with E-state index in [2.05, 4.69) is 6.92 Å². The minimum Gasteiger partial charge on any atom is -0.494 e. The second-order valence-electron chi connectivity index (χ2n) is 4.50. The molecule has 0 heterocycles. The largest absolute Gasteiger partial charge is 0.494 e. The number of hydrogen-bond donors (Lipinski definition) is 0. The van der Waals surface area contributed by atoms with Crippen LogP contribution in [0.2, 0.25) is 0 Å². The molecule has 0 aliphatic rings. The van der Waals surface area contributed by atoms with Gasteiger partial charge in [0, 0.05) is 12.8 Å². The van der Waals surface area contributed by atoms with Crippen molar-refractivity contribution >= 4 is 5.78 Å². The molecule has 0 saturated carbocycles. The van der Waals surface area contributed by atoms with Crippen molar-refractivity contribution in [1.29, 1.82) is 0 Å². The average molecular weight is 252 g/mol. The maximum absolute atomic E-state index is 13.4. The van der Waals surface area contributed by atoms with Gasteiger partial charge in [-0.2, -0.15) is 0 Å². The monoisotopic (exact) mass is 252 g/mol. The van der Waals surface area contributed by atoms with Crippen LogP contribution in [0.1, 0.15) is 44.6 Å². The number of ketones is 1. The first-order valence-corrected chi connectivity index (χ1v) is 6.51. The van der Waals surface area contributed by atoms with Crippen molar-refractivity contribution in [2.45, 2.75) is 45.4 Å². The summed E-state index contributed by atoms with van der Waals surface area (Å²) >= 11 is 0. The fraction of sp³-hybridized carbons (Fsp3) is 0.533. The summed E-state index contributed by atoms with van der Waals surface area (Å²) in [6, 6.07) is 4.68. The lowest BCUT2D eigenvalue weighted by Crippen LogP contribution is -2.03. The third-order valence-corrected chi connectivity index (χ3v) is 2.93. The summed E-state index contributed by atoms with van der Waals surface area (Å²) in [6.45, 7) is 2.14. The average Bonchev–Trinajstić information content (AvgIpc) is 2.35. The third kappa shape index (κ3) is 4.86. The van der Waals surface area contributed by atoms with Gasteiger partial charge in [0.05, 0.1) is 7.11 Å². The van der Waals surface area contributed by atoms with Crippen molar-refractivity contribution in [2.24, 2.45) is 0 Å². The normalized spacial score (nSPS) is 10.4. The number of carbonyl (C=O) groups is 1. The van der Waals surface area contributed by atoms with E-state index >= 15 is 0 Å². The molecule has 0 amide bonds. The fourth-order valence-electron chi connectivity index (χ4n) is 1.88. The van der Waals surface area contributed by atoms with Gasteiger partial charge >= 0.3 is 0 Å². The van der Waals surface area contributed by atoms with Crippen LogP contribution in [0.15, 0.2) is 18.2 Å². The molecule has 0 atom stereocenters. The summed E-state index contributed by atoms with van der Waals surface area (Å²) < 4.78 is 18.3. The van der Waals surface area contributed by atoms with Crippen LogP contribution >= 0.6 is 0 Å². The number of ether oxygens (including phenoxy) is 1. The van der Waals surface area contributed by atoms with Crippen LogP contribution in [0.4, 0.5) is 4.39 Å². The molecule has 0 unspecified atom stereocenters. The van der Waals surface area contributed by atoms with Crippen LogP contribution in [-0.4, -0.2) is 12.9 Å². The zero-order valence-corrected chi connectivity index (χ0v) is 11.2. The fourth-order valence-corrected chi connectivity index (χ4v) is 1.88. The molecule has 2 nitrogen and oxygen atoms in total. The van der Waals surface area contributed by atoms with E-state index in [9.17, 15) is 9.18 Å². The van der Waals surface area contributed by atoms with Gasteiger partial charge in [0.2, 0.25) is 0 Å². The highest BCUT2D eigenvalue weighted by atomic mass is 19.1. The van der Waals surface area contributed by atoms with Gasteiger partial charge in [-0.25, -0.2) is 4.39 Å². The number of methoxy groups -OCH3 is 1. The Bertz CT molecular complexity index is 388. The predicted octanol–water partition coefficient (Wildman–Crippen LogP) is 3.92. The number of Topliss-reactive ketones (excluding diaryl/α,β-unsaturated/α-hetero) is 1. The molecule has 18 heavy (non-hydrogen) atoms. The van der Waals surface area contributed by atoms with Gasteiger partial charge in [-0.1, -0.05) is 32.3 Å². The summed E-state index contributed by atoms with van der Waals surface area (Å²) in [6.07, 6.45) is 5.27. The van der Waals surface area contributed by atoms with Crippen molar-refractivity contribution in [2.75, 3.05) is 7.11 Å². The highest BCUT2D eigenvalue weighted by molar-refractivity contribution is 5.80. The molecule has 0 aliphatic carbocycles. The Morgan fingerprint density at radius 3 is 2.67 bits per heavy atom. The molecule has 0 aliphatic heterocycles. The van der Waals surface area contributed by atoms with Crippen LogP contribution < -0.4 is 4.74 Å². The highest BCUT2D eigenvalue weighted by Gasteiger charge is 2.07. The van der Waals surface area contributed by atoms with E-state index in [4.69, 9.17) is 4.74 Å². The van der Waals surface area contributed by atoms with Gasteiger partial charge in [-0.05, 0) is 24.1 Å². The summed E-state index contributed by atoms with van der Waals surface area (Å²) in [4.78, 5) is 11.7. The molecule has 1 aromatic rings. The molecule has 1 aromatic carbocycles. The second kappa shape index (κ2) is 7.85. The van der Waals surface area contributed by atoms with Gasteiger partial charge in [-0.15, -0.1) is 0 Å². The van der Waals surface area contributed by atoms with E-state index < -0.39 is 5.82 Å². The first-order valence-electron chi connectivity index (χ1n) is 6.51. The molecule has 100 valence electrons. The Balaban J connectivity index is 2.42. The quantitative estimate of drug-likeness (QED) is 0.655. The summed E-state index contributed by atoms with van der Waals surface area (Å²) in [7, 11) is 1.43. The molecule has 0 fully saturated rings. The SMILES string of the molecule is CCCCCCC(=O)Cc1ccc(OC)c(F)c1. The van der Waals surface area contributed by atoms with Gasteiger partial charge in [0.1, 0.15) is 5.78 Å². The van der Waals surface area contributed by atoms with E-state index in [0.717, 1.165) is 19.3 Å². The minimum atomic E-state index is -0.409. The first-order chi connectivity index (χ1) is 8.67. The standard InChI is InChI=1S/C15H21FO2/c1-3-4-5-6-7-13(17)10-12-8-9-15(18-2)14(16)11-12/h8-9,11H,3-7,10H2,1-2H3. The van der Waals surface area contributed by atoms with Gasteiger partial charge < -0.3 is 4.74 Å². The molecule has 1 rings (SSSR count). The molecular weight excluding hydrogens is 231 g/mol. The van der Waals surface area contributed by atoms with E-state index in [1.165, 1.54) is 19.6 Å². The van der Waals surface area contributed by atoms with Crippen molar-refractivity contribution in [3.05, 3.63) is 29.6 Å². The number of benzene rings is 1. The summed E-state index contributed by atoms with van der Waals surface area (Å²) in [5.74, 6) is -0.0152. The molecule has 3 heteroatoms. The Kier molecular flexibility index (Phi) is 6.40. The van der Waals surface area contributed by atoms with Crippen LogP contribution in [0, 0.1) is 5.82 Å². The molecule has 0 aromatic heterocycles. The maximum atomic E-state index is 13.4. The van der Waals surface area contributed by atoms with E-state index in [-0.39, 0.29) is 11.5 Å². The lowest BCUT2D eigenvalue weighted by molar-refractivity contribution is -0.118. The molecule has 0 bridgehead atoms. The van der Waals surface area contributed by atoms with Crippen molar-refractivity contribution in [3.8, 4) is 5.75 Å². The van der Waals surface area contributed by atoms with Gasteiger partial charge in [0.15, 0.2) is 11.6 Å². The van der Waals surface area contributed by atoms with Gasteiger partial charge in [0.25, 0.3) is 0 Å². The highest BCUT2D eigenvalue weighted by Crippen LogP contribution is 2.18. The Hall–Kier alpha value is -1.38.